The molecule has 0 bridgehead atoms. The molecule has 0 atom stereocenters. The van der Waals surface area contributed by atoms with Gasteiger partial charge in [-0.1, -0.05) is 13.3 Å². The van der Waals surface area contributed by atoms with Gasteiger partial charge in [0.1, 0.15) is 10.7 Å². The van der Waals surface area contributed by atoms with Crippen molar-refractivity contribution in [2.24, 2.45) is 5.92 Å². The van der Waals surface area contributed by atoms with Crippen LogP contribution in [0.1, 0.15) is 72.9 Å². The van der Waals surface area contributed by atoms with Gasteiger partial charge in [-0.3, -0.25) is 14.2 Å². The summed E-state index contributed by atoms with van der Waals surface area (Å²) in [6, 6.07) is 0.258. The van der Waals surface area contributed by atoms with Crippen molar-refractivity contribution in [2.75, 3.05) is 0 Å². The highest BCUT2D eigenvalue weighted by atomic mass is 32.1. The average Bonchev–Trinajstić information content (AvgIpc) is 2.80. The van der Waals surface area contributed by atoms with Gasteiger partial charge in [-0.2, -0.15) is 0 Å². The third-order valence-electron chi connectivity index (χ3n) is 5.97. The monoisotopic (exact) mass is 373 g/mol. The summed E-state index contributed by atoms with van der Waals surface area (Å²) in [7, 11) is 0. The lowest BCUT2D eigenvalue weighted by atomic mass is 9.87. The third-order valence-corrected chi connectivity index (χ3v) is 7.15. The van der Waals surface area contributed by atoms with Crippen LogP contribution in [0.25, 0.3) is 10.2 Å². The van der Waals surface area contributed by atoms with Crippen LogP contribution < -0.4 is 10.9 Å². The second-order valence-electron chi connectivity index (χ2n) is 7.96. The van der Waals surface area contributed by atoms with E-state index in [2.05, 4.69) is 12.2 Å². The Balaban J connectivity index is 1.66. The highest BCUT2D eigenvalue weighted by Crippen LogP contribution is 2.29. The van der Waals surface area contributed by atoms with E-state index in [1.165, 1.54) is 24.2 Å². The van der Waals surface area contributed by atoms with Gasteiger partial charge in [-0.25, -0.2) is 4.98 Å². The first kappa shape index (κ1) is 17.7. The van der Waals surface area contributed by atoms with Gasteiger partial charge in [0.2, 0.25) is 0 Å². The van der Waals surface area contributed by atoms with Gasteiger partial charge in [0.15, 0.2) is 0 Å². The zero-order valence-electron chi connectivity index (χ0n) is 15.6. The van der Waals surface area contributed by atoms with Gasteiger partial charge < -0.3 is 5.32 Å². The van der Waals surface area contributed by atoms with Crippen LogP contribution in [0.15, 0.2) is 4.79 Å². The number of thiophene rings is 1. The maximum atomic E-state index is 13.0. The van der Waals surface area contributed by atoms with E-state index < -0.39 is 0 Å². The molecule has 1 amide bonds. The van der Waals surface area contributed by atoms with Gasteiger partial charge in [0, 0.05) is 19.0 Å². The van der Waals surface area contributed by atoms with Crippen LogP contribution >= 0.6 is 11.3 Å². The first-order valence-electron chi connectivity index (χ1n) is 9.88. The molecular weight excluding hydrogens is 346 g/mol. The highest BCUT2D eigenvalue weighted by molar-refractivity contribution is 7.20. The predicted octanol–water partition coefficient (Wildman–Crippen LogP) is 3.80. The van der Waals surface area contributed by atoms with Crippen molar-refractivity contribution in [1.29, 1.82) is 0 Å². The van der Waals surface area contributed by atoms with Gasteiger partial charge in [0.25, 0.3) is 11.5 Å². The van der Waals surface area contributed by atoms with Crippen LogP contribution in [0.2, 0.25) is 0 Å². The van der Waals surface area contributed by atoms with E-state index in [1.807, 2.05) is 11.5 Å². The largest absolute Gasteiger partial charge is 0.349 e. The van der Waals surface area contributed by atoms with Gasteiger partial charge in [0.05, 0.1) is 10.3 Å². The maximum Gasteiger partial charge on any atom is 0.262 e. The summed E-state index contributed by atoms with van der Waals surface area (Å²) in [4.78, 5) is 32.0. The second-order valence-corrected chi connectivity index (χ2v) is 8.96. The lowest BCUT2D eigenvalue weighted by molar-refractivity contribution is 0.0926. The molecular formula is C20H27N3O2S. The molecule has 3 heterocycles. The number of hydrogen-bond acceptors (Lipinski definition) is 4. The maximum absolute atomic E-state index is 13.0. The standard InChI is InChI=1S/C20H27N3O2S/c1-12-7-9-14(10-8-12)21-18(24)17-13(2)16-19(26-17)22-15-6-4-3-5-11-23(15)20(16)25/h12,14H,3-11H2,1-2H3,(H,21,24). The summed E-state index contributed by atoms with van der Waals surface area (Å²) in [6.45, 7) is 4.91. The minimum atomic E-state index is -0.0374. The predicted molar refractivity (Wildman–Crippen MR) is 105 cm³/mol. The van der Waals surface area contributed by atoms with E-state index in [1.54, 1.807) is 0 Å². The minimum absolute atomic E-state index is 0.0335. The average molecular weight is 374 g/mol. The molecule has 140 valence electrons. The van der Waals surface area contributed by atoms with Crippen molar-refractivity contribution in [3.05, 3.63) is 26.6 Å². The van der Waals surface area contributed by atoms with Crippen LogP contribution in [0.4, 0.5) is 0 Å². The number of nitrogens with one attached hydrogen (secondary N) is 1. The van der Waals surface area contributed by atoms with E-state index in [4.69, 9.17) is 4.98 Å². The summed E-state index contributed by atoms with van der Waals surface area (Å²) in [5, 5.41) is 3.83. The first-order valence-corrected chi connectivity index (χ1v) is 10.7. The summed E-state index contributed by atoms with van der Waals surface area (Å²) in [5.41, 5.74) is 0.829. The topological polar surface area (TPSA) is 64.0 Å². The van der Waals surface area contributed by atoms with Crippen molar-refractivity contribution < 1.29 is 4.79 Å². The van der Waals surface area contributed by atoms with Crippen molar-refractivity contribution in [3.63, 3.8) is 0 Å². The smallest absolute Gasteiger partial charge is 0.262 e. The summed E-state index contributed by atoms with van der Waals surface area (Å²) in [6.07, 6.45) is 8.54. The Morgan fingerprint density at radius 1 is 1.19 bits per heavy atom. The molecule has 26 heavy (non-hydrogen) atoms. The SMILES string of the molecule is Cc1c(C(=O)NC2CCC(C)CC2)sc2nc3n(c(=O)c12)CCCCC3. The van der Waals surface area contributed by atoms with Crippen molar-refractivity contribution in [3.8, 4) is 0 Å². The molecule has 1 fully saturated rings. The van der Waals surface area contributed by atoms with Gasteiger partial charge in [-0.15, -0.1) is 11.3 Å². The number of aromatic nitrogens is 2. The van der Waals surface area contributed by atoms with E-state index in [0.717, 1.165) is 67.2 Å². The summed E-state index contributed by atoms with van der Waals surface area (Å²) >= 11 is 1.38. The number of carbonyl (C=O) groups excluding carboxylic acids is 1. The fraction of sp³-hybridized carbons (Fsp3) is 0.650. The molecule has 0 radical (unpaired) electrons. The van der Waals surface area contributed by atoms with Crippen molar-refractivity contribution in [2.45, 2.75) is 77.8 Å². The van der Waals surface area contributed by atoms with Crippen molar-refractivity contribution in [1.82, 2.24) is 14.9 Å². The molecule has 0 unspecified atom stereocenters. The Bertz CT molecular complexity index is 891. The fourth-order valence-corrected chi connectivity index (χ4v) is 5.38. The normalized spacial score (nSPS) is 23.5. The fourth-order valence-electron chi connectivity index (χ4n) is 4.28. The van der Waals surface area contributed by atoms with Crippen molar-refractivity contribution >= 4 is 27.5 Å². The molecule has 1 aliphatic carbocycles. The lowest BCUT2D eigenvalue weighted by Gasteiger charge is -2.26. The van der Waals surface area contributed by atoms with Crippen LogP contribution in [-0.2, 0) is 13.0 Å². The van der Waals surface area contributed by atoms with Gasteiger partial charge in [-0.05, 0) is 56.9 Å². The molecule has 0 aromatic carbocycles. The molecule has 6 heteroatoms. The second kappa shape index (κ2) is 7.14. The highest BCUT2D eigenvalue weighted by Gasteiger charge is 2.25. The number of carbonyl (C=O) groups is 1. The molecule has 2 aliphatic rings. The number of rotatable bonds is 2. The number of amides is 1. The van der Waals surface area contributed by atoms with Gasteiger partial charge >= 0.3 is 0 Å². The third kappa shape index (κ3) is 3.20. The van der Waals surface area contributed by atoms with Crippen LogP contribution in [0, 0.1) is 12.8 Å². The lowest BCUT2D eigenvalue weighted by Crippen LogP contribution is -2.37. The number of hydrogen-bond donors (Lipinski definition) is 1. The Morgan fingerprint density at radius 3 is 2.73 bits per heavy atom. The van der Waals surface area contributed by atoms with Crippen LogP contribution in [0.5, 0.6) is 0 Å². The van der Waals surface area contributed by atoms with E-state index in [-0.39, 0.29) is 17.5 Å². The molecule has 4 rings (SSSR count). The van der Waals surface area contributed by atoms with E-state index in [9.17, 15) is 9.59 Å². The zero-order valence-corrected chi connectivity index (χ0v) is 16.5. The zero-order chi connectivity index (χ0) is 18.3. The molecule has 1 saturated carbocycles. The quantitative estimate of drug-likeness (QED) is 0.871. The molecule has 1 aliphatic heterocycles. The number of aryl methyl sites for hydroxylation is 2. The summed E-state index contributed by atoms with van der Waals surface area (Å²) in [5.74, 6) is 1.60. The Labute approximate surface area is 157 Å². The van der Waals surface area contributed by atoms with E-state index in [0.29, 0.717) is 10.3 Å². The Kier molecular flexibility index (Phi) is 4.86. The molecule has 0 saturated heterocycles. The first-order chi connectivity index (χ1) is 12.5. The molecule has 1 N–H and O–H groups in total. The van der Waals surface area contributed by atoms with E-state index >= 15 is 0 Å². The molecule has 2 aromatic rings. The summed E-state index contributed by atoms with van der Waals surface area (Å²) < 4.78 is 1.83. The molecule has 2 aromatic heterocycles. The Hall–Kier alpha value is -1.69. The van der Waals surface area contributed by atoms with Crippen LogP contribution in [0.3, 0.4) is 0 Å². The molecule has 5 nitrogen and oxygen atoms in total. The number of nitrogens with zero attached hydrogens (tertiary/aromatic N) is 2. The molecule has 0 spiro atoms. The minimum Gasteiger partial charge on any atom is -0.349 e. The van der Waals surface area contributed by atoms with Crippen LogP contribution in [-0.4, -0.2) is 21.5 Å². The number of fused-ring (bicyclic) bond motifs is 2. The Morgan fingerprint density at radius 2 is 1.96 bits per heavy atom.